The summed E-state index contributed by atoms with van der Waals surface area (Å²) in [5.74, 6) is 2.57. The summed E-state index contributed by atoms with van der Waals surface area (Å²) >= 11 is 0. The molecule has 5 nitrogen and oxygen atoms in total. The van der Waals surface area contributed by atoms with Crippen molar-refractivity contribution in [3.05, 3.63) is 11.8 Å². The highest BCUT2D eigenvalue weighted by molar-refractivity contribution is 5.90. The fraction of sp³-hybridized carbons (Fsp3) is 0.789. The molecule has 2 heterocycles. The molecule has 1 saturated heterocycles. The molecule has 1 amide bonds. The molecule has 5 heteroatoms. The van der Waals surface area contributed by atoms with Crippen LogP contribution in [0.1, 0.15) is 69.9 Å². The van der Waals surface area contributed by atoms with E-state index in [4.69, 9.17) is 0 Å². The summed E-state index contributed by atoms with van der Waals surface area (Å²) in [7, 11) is 1.93. The standard InChI is InChI=1S/C19H32N4O/c1-14(16-9-6-10-20-13-16)11-19(24)21-18-12-17(22-23(18)2)15-7-4-3-5-8-15/h12,14-16,20H,3-11,13H2,1-2H3,(H,21,24). The first-order valence-corrected chi connectivity index (χ1v) is 9.68. The highest BCUT2D eigenvalue weighted by Gasteiger charge is 2.23. The summed E-state index contributed by atoms with van der Waals surface area (Å²) in [6, 6.07) is 2.08. The average Bonchev–Trinajstić information content (AvgIpc) is 2.97. The molecule has 134 valence electrons. The predicted molar refractivity (Wildman–Crippen MR) is 97.0 cm³/mol. The lowest BCUT2D eigenvalue weighted by molar-refractivity contribution is -0.117. The Balaban J connectivity index is 1.54. The van der Waals surface area contributed by atoms with E-state index in [-0.39, 0.29) is 5.91 Å². The molecule has 1 aromatic heterocycles. The van der Waals surface area contributed by atoms with Crippen LogP contribution >= 0.6 is 0 Å². The van der Waals surface area contributed by atoms with Crippen molar-refractivity contribution >= 4 is 11.7 Å². The molecule has 0 radical (unpaired) electrons. The first kappa shape index (κ1) is 17.5. The Bertz CT molecular complexity index is 542. The normalized spacial score (nSPS) is 23.8. The predicted octanol–water partition coefficient (Wildman–Crippen LogP) is 3.43. The van der Waals surface area contributed by atoms with Crippen molar-refractivity contribution in [1.29, 1.82) is 0 Å². The Hall–Kier alpha value is -1.36. The van der Waals surface area contributed by atoms with Gasteiger partial charge in [0.05, 0.1) is 5.69 Å². The van der Waals surface area contributed by atoms with E-state index in [0.717, 1.165) is 24.6 Å². The zero-order chi connectivity index (χ0) is 16.9. The van der Waals surface area contributed by atoms with Crippen molar-refractivity contribution in [3.8, 4) is 0 Å². The Labute approximate surface area is 145 Å². The van der Waals surface area contributed by atoms with Crippen LogP contribution in [0.25, 0.3) is 0 Å². The van der Waals surface area contributed by atoms with Crippen LogP contribution in [0.5, 0.6) is 0 Å². The van der Waals surface area contributed by atoms with Gasteiger partial charge in [0.25, 0.3) is 0 Å². The molecule has 1 saturated carbocycles. The third-order valence-corrected chi connectivity index (χ3v) is 5.84. The van der Waals surface area contributed by atoms with Gasteiger partial charge in [-0.3, -0.25) is 9.48 Å². The minimum atomic E-state index is 0.117. The van der Waals surface area contributed by atoms with Crippen molar-refractivity contribution in [2.45, 2.75) is 64.2 Å². The quantitative estimate of drug-likeness (QED) is 0.868. The molecule has 24 heavy (non-hydrogen) atoms. The zero-order valence-electron chi connectivity index (χ0n) is 15.2. The van der Waals surface area contributed by atoms with Crippen LogP contribution in [-0.2, 0) is 11.8 Å². The van der Waals surface area contributed by atoms with E-state index in [0.29, 0.717) is 24.2 Å². The van der Waals surface area contributed by atoms with Gasteiger partial charge in [-0.25, -0.2) is 0 Å². The van der Waals surface area contributed by atoms with Crippen LogP contribution in [-0.4, -0.2) is 28.8 Å². The van der Waals surface area contributed by atoms with Gasteiger partial charge in [-0.2, -0.15) is 5.10 Å². The maximum atomic E-state index is 12.4. The van der Waals surface area contributed by atoms with Gasteiger partial charge in [0.2, 0.25) is 5.91 Å². The van der Waals surface area contributed by atoms with Crippen molar-refractivity contribution in [2.24, 2.45) is 18.9 Å². The molecule has 0 bridgehead atoms. The fourth-order valence-corrected chi connectivity index (χ4v) is 4.22. The van der Waals surface area contributed by atoms with Crippen LogP contribution in [0.3, 0.4) is 0 Å². The summed E-state index contributed by atoms with van der Waals surface area (Å²) in [5, 5.41) is 11.2. The van der Waals surface area contributed by atoms with Crippen molar-refractivity contribution in [1.82, 2.24) is 15.1 Å². The third-order valence-electron chi connectivity index (χ3n) is 5.84. The first-order valence-electron chi connectivity index (χ1n) is 9.68. The number of aryl methyl sites for hydroxylation is 1. The summed E-state index contributed by atoms with van der Waals surface area (Å²) < 4.78 is 1.83. The number of aromatic nitrogens is 2. The topological polar surface area (TPSA) is 59.0 Å². The lowest BCUT2D eigenvalue weighted by Gasteiger charge is -2.27. The van der Waals surface area contributed by atoms with E-state index in [1.807, 2.05) is 11.7 Å². The Morgan fingerprint density at radius 3 is 2.83 bits per heavy atom. The second kappa shape index (κ2) is 8.15. The molecule has 0 spiro atoms. The number of carbonyl (C=O) groups excluding carboxylic acids is 1. The van der Waals surface area contributed by atoms with Gasteiger partial charge in [0.15, 0.2) is 0 Å². The minimum absolute atomic E-state index is 0.117. The van der Waals surface area contributed by atoms with E-state index >= 15 is 0 Å². The zero-order valence-corrected chi connectivity index (χ0v) is 15.2. The third kappa shape index (κ3) is 4.38. The average molecular weight is 332 g/mol. The molecule has 1 aliphatic carbocycles. The molecule has 1 aliphatic heterocycles. The maximum Gasteiger partial charge on any atom is 0.225 e. The first-order chi connectivity index (χ1) is 11.6. The minimum Gasteiger partial charge on any atom is -0.316 e. The Morgan fingerprint density at radius 2 is 2.12 bits per heavy atom. The van der Waals surface area contributed by atoms with Crippen LogP contribution in [0.4, 0.5) is 5.82 Å². The number of amides is 1. The SMILES string of the molecule is CC(CC(=O)Nc1cc(C2CCCCC2)nn1C)C1CCCNC1. The van der Waals surface area contributed by atoms with E-state index in [1.165, 1.54) is 44.9 Å². The van der Waals surface area contributed by atoms with Crippen LogP contribution in [0.15, 0.2) is 6.07 Å². The van der Waals surface area contributed by atoms with Gasteiger partial charge < -0.3 is 10.6 Å². The molecule has 3 rings (SSSR count). The number of anilines is 1. The maximum absolute atomic E-state index is 12.4. The highest BCUT2D eigenvalue weighted by atomic mass is 16.1. The van der Waals surface area contributed by atoms with Gasteiger partial charge in [-0.1, -0.05) is 26.2 Å². The molecule has 1 aromatic rings. The summed E-state index contributed by atoms with van der Waals surface area (Å²) in [4.78, 5) is 12.4. The molecular weight excluding hydrogens is 300 g/mol. The second-order valence-corrected chi connectivity index (χ2v) is 7.75. The molecular formula is C19H32N4O. The summed E-state index contributed by atoms with van der Waals surface area (Å²) in [5.41, 5.74) is 1.15. The van der Waals surface area contributed by atoms with Crippen LogP contribution in [0, 0.1) is 11.8 Å². The van der Waals surface area contributed by atoms with Crippen LogP contribution in [0.2, 0.25) is 0 Å². The van der Waals surface area contributed by atoms with Crippen molar-refractivity contribution in [2.75, 3.05) is 18.4 Å². The smallest absolute Gasteiger partial charge is 0.225 e. The number of carbonyl (C=O) groups is 1. The second-order valence-electron chi connectivity index (χ2n) is 7.75. The molecule has 2 atom stereocenters. The largest absolute Gasteiger partial charge is 0.316 e. The Kier molecular flexibility index (Phi) is 5.93. The van der Waals surface area contributed by atoms with Crippen molar-refractivity contribution < 1.29 is 4.79 Å². The number of hydrogen-bond acceptors (Lipinski definition) is 3. The molecule has 0 aromatic carbocycles. The number of nitrogens with one attached hydrogen (secondary N) is 2. The van der Waals surface area contributed by atoms with Gasteiger partial charge in [0, 0.05) is 25.5 Å². The van der Waals surface area contributed by atoms with Crippen LogP contribution < -0.4 is 10.6 Å². The van der Waals surface area contributed by atoms with E-state index in [2.05, 4.69) is 28.7 Å². The monoisotopic (exact) mass is 332 g/mol. The van der Waals surface area contributed by atoms with Gasteiger partial charge in [-0.05, 0) is 50.6 Å². The van der Waals surface area contributed by atoms with E-state index in [1.54, 1.807) is 0 Å². The lowest BCUT2D eigenvalue weighted by Crippen LogP contribution is -2.34. The number of rotatable bonds is 5. The number of nitrogens with zero attached hydrogens (tertiary/aromatic N) is 2. The lowest BCUT2D eigenvalue weighted by atomic mass is 9.85. The van der Waals surface area contributed by atoms with Gasteiger partial charge >= 0.3 is 0 Å². The molecule has 2 N–H and O–H groups in total. The Morgan fingerprint density at radius 1 is 1.33 bits per heavy atom. The number of hydrogen-bond donors (Lipinski definition) is 2. The van der Waals surface area contributed by atoms with E-state index < -0.39 is 0 Å². The summed E-state index contributed by atoms with van der Waals surface area (Å²) in [6.45, 7) is 4.37. The van der Waals surface area contributed by atoms with E-state index in [9.17, 15) is 4.79 Å². The van der Waals surface area contributed by atoms with Gasteiger partial charge in [0.1, 0.15) is 5.82 Å². The highest BCUT2D eigenvalue weighted by Crippen LogP contribution is 2.33. The van der Waals surface area contributed by atoms with Crippen molar-refractivity contribution in [3.63, 3.8) is 0 Å². The summed E-state index contributed by atoms with van der Waals surface area (Å²) in [6.07, 6.45) is 9.47. The molecule has 2 unspecified atom stereocenters. The van der Waals surface area contributed by atoms with Gasteiger partial charge in [-0.15, -0.1) is 0 Å². The molecule has 2 fully saturated rings. The molecule has 2 aliphatic rings. The fourth-order valence-electron chi connectivity index (χ4n) is 4.22. The number of piperidine rings is 1.